The summed E-state index contributed by atoms with van der Waals surface area (Å²) in [5, 5.41) is 3.09. The molecule has 0 unspecified atom stereocenters. The Kier molecular flexibility index (Phi) is 5.74. The van der Waals surface area contributed by atoms with E-state index in [0.717, 1.165) is 23.4 Å². The van der Waals surface area contributed by atoms with Gasteiger partial charge in [-0.15, -0.1) is 0 Å². The Bertz CT molecular complexity index is 1120. The lowest BCUT2D eigenvalue weighted by Crippen LogP contribution is -2.23. The number of hydrogen-bond acceptors (Lipinski definition) is 8. The Morgan fingerprint density at radius 2 is 1.90 bits per heavy atom. The third-order valence-corrected chi connectivity index (χ3v) is 4.91. The van der Waals surface area contributed by atoms with E-state index in [4.69, 9.17) is 10.5 Å². The number of ether oxygens (including phenoxy) is 1. The molecule has 0 aliphatic carbocycles. The van der Waals surface area contributed by atoms with E-state index in [1.165, 1.54) is 0 Å². The standard InChI is InChI=1S/C22H22N6O3/c1-14-5-2-3-6-17(14)24-22-26-18(25-21(23)27-22)13-31-20(30)15-8-10-16(11-9-15)28-12-4-7-19(28)29/h2-3,5-6,8-11H,4,7,12-13H2,1H3,(H3,23,24,25,26,27). The van der Waals surface area contributed by atoms with Crippen LogP contribution in [0.3, 0.4) is 0 Å². The number of nitrogens with one attached hydrogen (secondary N) is 1. The second-order valence-corrected chi connectivity index (χ2v) is 7.15. The summed E-state index contributed by atoms with van der Waals surface area (Å²) in [5.74, 6) is 0.102. The van der Waals surface area contributed by atoms with Crippen LogP contribution in [0.5, 0.6) is 0 Å². The van der Waals surface area contributed by atoms with E-state index < -0.39 is 5.97 Å². The summed E-state index contributed by atoms with van der Waals surface area (Å²) in [4.78, 5) is 38.3. The van der Waals surface area contributed by atoms with Gasteiger partial charge in [0, 0.05) is 24.3 Å². The molecular formula is C22H22N6O3. The van der Waals surface area contributed by atoms with E-state index in [0.29, 0.717) is 18.5 Å². The third-order valence-electron chi connectivity index (χ3n) is 4.91. The first-order chi connectivity index (χ1) is 15.0. The zero-order valence-corrected chi connectivity index (χ0v) is 17.0. The molecule has 1 aliphatic heterocycles. The fraction of sp³-hybridized carbons (Fsp3) is 0.227. The number of nitrogens with two attached hydrogens (primary N) is 1. The molecule has 0 spiro atoms. The zero-order valence-electron chi connectivity index (χ0n) is 17.0. The fourth-order valence-electron chi connectivity index (χ4n) is 3.30. The molecule has 1 fully saturated rings. The molecule has 2 heterocycles. The highest BCUT2D eigenvalue weighted by atomic mass is 16.5. The summed E-state index contributed by atoms with van der Waals surface area (Å²) in [6, 6.07) is 14.4. The Hall–Kier alpha value is -4.01. The van der Waals surface area contributed by atoms with Gasteiger partial charge >= 0.3 is 5.97 Å². The molecule has 0 radical (unpaired) electrons. The molecule has 0 atom stereocenters. The molecule has 3 N–H and O–H groups in total. The van der Waals surface area contributed by atoms with Gasteiger partial charge in [0.05, 0.1) is 5.56 Å². The van der Waals surface area contributed by atoms with Crippen molar-refractivity contribution in [3.63, 3.8) is 0 Å². The fourth-order valence-corrected chi connectivity index (χ4v) is 3.30. The molecule has 0 saturated carbocycles. The number of para-hydroxylation sites is 1. The van der Waals surface area contributed by atoms with Gasteiger partial charge in [-0.2, -0.15) is 15.0 Å². The van der Waals surface area contributed by atoms with Crippen molar-refractivity contribution < 1.29 is 14.3 Å². The monoisotopic (exact) mass is 418 g/mol. The average molecular weight is 418 g/mol. The van der Waals surface area contributed by atoms with Crippen LogP contribution in [0.2, 0.25) is 0 Å². The number of nitrogen functional groups attached to an aromatic ring is 1. The first-order valence-electron chi connectivity index (χ1n) is 9.90. The van der Waals surface area contributed by atoms with Crippen LogP contribution >= 0.6 is 0 Å². The van der Waals surface area contributed by atoms with Crippen molar-refractivity contribution >= 4 is 35.1 Å². The van der Waals surface area contributed by atoms with Crippen molar-refractivity contribution in [2.75, 3.05) is 22.5 Å². The largest absolute Gasteiger partial charge is 0.454 e. The number of nitrogens with zero attached hydrogens (tertiary/aromatic N) is 4. The van der Waals surface area contributed by atoms with Gasteiger partial charge in [0.2, 0.25) is 17.8 Å². The van der Waals surface area contributed by atoms with Crippen LogP contribution in [0.15, 0.2) is 48.5 Å². The van der Waals surface area contributed by atoms with Crippen LogP contribution in [0, 0.1) is 6.92 Å². The number of aromatic nitrogens is 3. The van der Waals surface area contributed by atoms with Gasteiger partial charge in [-0.1, -0.05) is 18.2 Å². The minimum atomic E-state index is -0.522. The van der Waals surface area contributed by atoms with Crippen LogP contribution in [0.25, 0.3) is 0 Å². The normalized spacial score (nSPS) is 13.3. The minimum Gasteiger partial charge on any atom is -0.454 e. The zero-order chi connectivity index (χ0) is 21.8. The topological polar surface area (TPSA) is 123 Å². The minimum absolute atomic E-state index is 0.0248. The van der Waals surface area contributed by atoms with Gasteiger partial charge in [-0.05, 0) is 49.2 Å². The van der Waals surface area contributed by atoms with Gasteiger partial charge in [0.25, 0.3) is 0 Å². The second-order valence-electron chi connectivity index (χ2n) is 7.15. The highest BCUT2D eigenvalue weighted by Gasteiger charge is 2.22. The number of hydrogen-bond donors (Lipinski definition) is 2. The number of esters is 1. The van der Waals surface area contributed by atoms with E-state index in [1.54, 1.807) is 29.2 Å². The first-order valence-corrected chi connectivity index (χ1v) is 9.90. The lowest BCUT2D eigenvalue weighted by molar-refractivity contribution is -0.117. The molecule has 2 aromatic carbocycles. The maximum absolute atomic E-state index is 12.4. The molecule has 1 aliphatic rings. The van der Waals surface area contributed by atoms with Crippen LogP contribution in [-0.4, -0.2) is 33.4 Å². The quantitative estimate of drug-likeness (QED) is 0.586. The lowest BCUT2D eigenvalue weighted by atomic mass is 10.2. The molecular weight excluding hydrogens is 396 g/mol. The summed E-state index contributed by atoms with van der Waals surface area (Å²) in [5.41, 5.74) is 8.79. The predicted octanol–water partition coefficient (Wildman–Crippen LogP) is 2.99. The van der Waals surface area contributed by atoms with Crippen molar-refractivity contribution in [1.82, 2.24) is 15.0 Å². The Morgan fingerprint density at radius 3 is 2.61 bits per heavy atom. The average Bonchev–Trinajstić information content (AvgIpc) is 3.19. The molecule has 0 bridgehead atoms. The third kappa shape index (κ3) is 4.77. The van der Waals surface area contributed by atoms with Crippen LogP contribution < -0.4 is 16.0 Å². The molecule has 4 rings (SSSR count). The Balaban J connectivity index is 1.40. The number of rotatable bonds is 6. The maximum Gasteiger partial charge on any atom is 0.338 e. The SMILES string of the molecule is Cc1ccccc1Nc1nc(N)nc(COC(=O)c2ccc(N3CCCC3=O)cc2)n1. The van der Waals surface area contributed by atoms with Gasteiger partial charge in [-0.3, -0.25) is 4.79 Å². The molecule has 31 heavy (non-hydrogen) atoms. The highest BCUT2D eigenvalue weighted by molar-refractivity contribution is 5.96. The second kappa shape index (κ2) is 8.78. The number of carbonyl (C=O) groups excluding carboxylic acids is 2. The van der Waals surface area contributed by atoms with Crippen molar-refractivity contribution in [2.45, 2.75) is 26.4 Å². The number of carbonyl (C=O) groups is 2. The summed E-state index contributed by atoms with van der Waals surface area (Å²) in [7, 11) is 0. The predicted molar refractivity (Wildman–Crippen MR) is 116 cm³/mol. The molecule has 3 aromatic rings. The van der Waals surface area contributed by atoms with Crippen molar-refractivity contribution in [3.8, 4) is 0 Å². The summed E-state index contributed by atoms with van der Waals surface area (Å²) >= 11 is 0. The molecule has 9 heteroatoms. The van der Waals surface area contributed by atoms with E-state index in [9.17, 15) is 9.59 Å². The summed E-state index contributed by atoms with van der Waals surface area (Å²) < 4.78 is 5.33. The molecule has 1 amide bonds. The Morgan fingerprint density at radius 1 is 1.13 bits per heavy atom. The van der Waals surface area contributed by atoms with Crippen molar-refractivity contribution in [1.29, 1.82) is 0 Å². The van der Waals surface area contributed by atoms with Crippen LogP contribution in [0.4, 0.5) is 23.3 Å². The number of aryl methyl sites for hydroxylation is 1. The molecule has 9 nitrogen and oxygen atoms in total. The van der Waals surface area contributed by atoms with E-state index in [1.807, 2.05) is 31.2 Å². The van der Waals surface area contributed by atoms with Crippen LogP contribution in [-0.2, 0) is 16.1 Å². The smallest absolute Gasteiger partial charge is 0.338 e. The summed E-state index contributed by atoms with van der Waals surface area (Å²) in [6.07, 6.45) is 1.40. The number of benzene rings is 2. The van der Waals surface area contributed by atoms with E-state index in [-0.39, 0.29) is 30.2 Å². The molecule has 158 valence electrons. The van der Waals surface area contributed by atoms with Gasteiger partial charge in [-0.25, -0.2) is 4.79 Å². The van der Waals surface area contributed by atoms with Gasteiger partial charge in [0.1, 0.15) is 0 Å². The summed E-state index contributed by atoms with van der Waals surface area (Å²) in [6.45, 7) is 2.50. The molecule has 1 saturated heterocycles. The van der Waals surface area contributed by atoms with Crippen LogP contribution in [0.1, 0.15) is 34.6 Å². The van der Waals surface area contributed by atoms with Crippen molar-refractivity contribution in [2.24, 2.45) is 0 Å². The van der Waals surface area contributed by atoms with Gasteiger partial charge < -0.3 is 20.7 Å². The first kappa shape index (κ1) is 20.3. The lowest BCUT2D eigenvalue weighted by Gasteiger charge is -2.15. The highest BCUT2D eigenvalue weighted by Crippen LogP contribution is 2.22. The maximum atomic E-state index is 12.4. The Labute approximate surface area is 179 Å². The van der Waals surface area contributed by atoms with E-state index >= 15 is 0 Å². The van der Waals surface area contributed by atoms with Crippen molar-refractivity contribution in [3.05, 3.63) is 65.5 Å². The number of anilines is 4. The van der Waals surface area contributed by atoms with E-state index in [2.05, 4.69) is 20.3 Å². The molecule has 1 aromatic heterocycles. The number of amides is 1. The van der Waals surface area contributed by atoms with Gasteiger partial charge in [0.15, 0.2) is 12.4 Å².